The van der Waals surface area contributed by atoms with Gasteiger partial charge in [0.25, 0.3) is 5.19 Å². The number of nitrogens with zero attached hydrogens (tertiary/aromatic N) is 1. The number of hydrogen-bond acceptors (Lipinski definition) is 4. The molecule has 1 aromatic rings. The molecule has 0 unspecified atom stereocenters. The van der Waals surface area contributed by atoms with Crippen LogP contribution >= 0.6 is 22.9 Å². The summed E-state index contributed by atoms with van der Waals surface area (Å²) in [7, 11) is 0. The van der Waals surface area contributed by atoms with Gasteiger partial charge in [-0.05, 0) is 5.92 Å². The first kappa shape index (κ1) is 10.5. The van der Waals surface area contributed by atoms with E-state index in [4.69, 9.17) is 16.3 Å². The molecule has 3 nitrogen and oxygen atoms in total. The van der Waals surface area contributed by atoms with Crippen molar-refractivity contribution in [2.24, 2.45) is 5.92 Å². The number of hydrogen-bond donors (Lipinski definition) is 0. The zero-order chi connectivity index (χ0) is 9.84. The third kappa shape index (κ3) is 2.97. The molecule has 0 aliphatic rings. The van der Waals surface area contributed by atoms with Gasteiger partial charge >= 0.3 is 0 Å². The monoisotopic (exact) mass is 219 g/mol. The van der Waals surface area contributed by atoms with Gasteiger partial charge in [-0.15, -0.1) is 0 Å². The molecule has 0 N–H and O–H groups in total. The highest BCUT2D eigenvalue weighted by atomic mass is 35.5. The molecule has 72 valence electrons. The quantitative estimate of drug-likeness (QED) is 0.731. The van der Waals surface area contributed by atoms with E-state index in [1.807, 2.05) is 13.8 Å². The van der Waals surface area contributed by atoms with E-state index in [-0.39, 0.29) is 5.15 Å². The second kappa shape index (κ2) is 4.58. The zero-order valence-electron chi connectivity index (χ0n) is 7.41. The fraction of sp³-hybridized carbons (Fsp3) is 0.500. The van der Waals surface area contributed by atoms with E-state index < -0.39 is 0 Å². The number of aromatic nitrogens is 1. The smallest absolute Gasteiger partial charge is 0.275 e. The van der Waals surface area contributed by atoms with Crippen LogP contribution in [0.2, 0.25) is 5.15 Å². The highest BCUT2D eigenvalue weighted by Gasteiger charge is 2.09. The molecule has 0 saturated heterocycles. The molecule has 0 aliphatic carbocycles. The summed E-state index contributed by atoms with van der Waals surface area (Å²) in [6.45, 7) is 4.66. The predicted octanol–water partition coefficient (Wildman–Crippen LogP) is 2.64. The third-order valence-corrected chi connectivity index (χ3v) is 2.53. The third-order valence-electron chi connectivity index (χ3n) is 1.24. The van der Waals surface area contributed by atoms with Crippen LogP contribution in [0.15, 0.2) is 0 Å². The van der Waals surface area contributed by atoms with Gasteiger partial charge < -0.3 is 4.74 Å². The maximum atomic E-state index is 10.4. The Hall–Kier alpha value is -0.610. The Morgan fingerprint density at radius 1 is 1.69 bits per heavy atom. The van der Waals surface area contributed by atoms with Crippen LogP contribution in [0.5, 0.6) is 5.19 Å². The normalized spacial score (nSPS) is 10.5. The lowest BCUT2D eigenvalue weighted by atomic mass is 10.2. The van der Waals surface area contributed by atoms with Crippen LogP contribution in [0.4, 0.5) is 0 Å². The molecule has 0 radical (unpaired) electrons. The highest BCUT2D eigenvalue weighted by Crippen LogP contribution is 2.27. The molecule has 0 bridgehead atoms. The summed E-state index contributed by atoms with van der Waals surface area (Å²) in [5.74, 6) is 0.433. The van der Waals surface area contributed by atoms with Crippen LogP contribution in [0.25, 0.3) is 0 Å². The van der Waals surface area contributed by atoms with E-state index in [9.17, 15) is 4.79 Å². The lowest BCUT2D eigenvalue weighted by Gasteiger charge is -2.03. The van der Waals surface area contributed by atoms with Crippen molar-refractivity contribution in [1.82, 2.24) is 4.98 Å². The van der Waals surface area contributed by atoms with Crippen molar-refractivity contribution >= 4 is 29.2 Å². The van der Waals surface area contributed by atoms with E-state index >= 15 is 0 Å². The molecule has 0 aliphatic heterocycles. The standard InChI is InChI=1S/C8H10ClNO2S/c1-5(2)4-12-8-10-7(9)6(3-11)13-8/h3,5H,4H2,1-2H3. The van der Waals surface area contributed by atoms with Crippen molar-refractivity contribution in [3.63, 3.8) is 0 Å². The summed E-state index contributed by atoms with van der Waals surface area (Å²) < 4.78 is 5.29. The Kier molecular flexibility index (Phi) is 3.69. The summed E-state index contributed by atoms with van der Waals surface area (Å²) in [5, 5.41) is 0.680. The number of carbonyl (C=O) groups excluding carboxylic acids is 1. The Bertz CT molecular complexity index is 298. The Labute approximate surface area is 85.7 Å². The molecule has 0 fully saturated rings. The van der Waals surface area contributed by atoms with Gasteiger partial charge in [0.05, 0.1) is 6.61 Å². The van der Waals surface area contributed by atoms with E-state index in [0.717, 1.165) is 0 Å². The Balaban J connectivity index is 2.63. The van der Waals surface area contributed by atoms with Crippen LogP contribution in [-0.4, -0.2) is 17.9 Å². The molecular weight excluding hydrogens is 210 g/mol. The van der Waals surface area contributed by atoms with Crippen molar-refractivity contribution in [1.29, 1.82) is 0 Å². The molecule has 0 atom stereocenters. The summed E-state index contributed by atoms with van der Waals surface area (Å²) in [6.07, 6.45) is 0.683. The van der Waals surface area contributed by atoms with Gasteiger partial charge in [-0.2, -0.15) is 4.98 Å². The zero-order valence-corrected chi connectivity index (χ0v) is 8.98. The summed E-state index contributed by atoms with van der Waals surface area (Å²) in [6, 6.07) is 0. The van der Waals surface area contributed by atoms with Crippen LogP contribution in [0.3, 0.4) is 0 Å². The van der Waals surface area contributed by atoms with E-state index in [2.05, 4.69) is 4.98 Å². The number of halogens is 1. The maximum absolute atomic E-state index is 10.4. The van der Waals surface area contributed by atoms with Crippen molar-refractivity contribution in [3.05, 3.63) is 10.0 Å². The minimum Gasteiger partial charge on any atom is -0.470 e. The highest BCUT2D eigenvalue weighted by molar-refractivity contribution is 7.15. The molecule has 1 heterocycles. The summed E-state index contributed by atoms with van der Waals surface area (Å²) in [4.78, 5) is 14.7. The lowest BCUT2D eigenvalue weighted by Crippen LogP contribution is -2.03. The molecule has 0 aromatic carbocycles. The topological polar surface area (TPSA) is 39.2 Å². The number of carbonyl (C=O) groups is 1. The molecule has 5 heteroatoms. The van der Waals surface area contributed by atoms with Crippen molar-refractivity contribution in [2.45, 2.75) is 13.8 Å². The fourth-order valence-corrected chi connectivity index (χ4v) is 1.58. The second-order valence-electron chi connectivity index (χ2n) is 2.96. The van der Waals surface area contributed by atoms with Gasteiger partial charge in [-0.25, -0.2) is 0 Å². The van der Waals surface area contributed by atoms with E-state index in [1.54, 1.807) is 0 Å². The number of thiazole rings is 1. The van der Waals surface area contributed by atoms with Gasteiger partial charge in [0, 0.05) is 0 Å². The molecule has 0 saturated carbocycles. The average molecular weight is 220 g/mol. The van der Waals surface area contributed by atoms with Crippen molar-refractivity contribution in [3.8, 4) is 5.19 Å². The average Bonchev–Trinajstić information content (AvgIpc) is 2.43. The van der Waals surface area contributed by atoms with Crippen LogP contribution in [0, 0.1) is 5.92 Å². The maximum Gasteiger partial charge on any atom is 0.275 e. The van der Waals surface area contributed by atoms with Gasteiger partial charge in [-0.3, -0.25) is 4.79 Å². The molecule has 0 spiro atoms. The number of rotatable bonds is 4. The van der Waals surface area contributed by atoms with Gasteiger partial charge in [0.1, 0.15) is 4.88 Å². The first-order chi connectivity index (χ1) is 6.13. The summed E-state index contributed by atoms with van der Waals surface area (Å²) >= 11 is 6.82. The van der Waals surface area contributed by atoms with Crippen LogP contribution in [0.1, 0.15) is 23.5 Å². The minimum atomic E-state index is 0.221. The molecule has 1 rings (SSSR count). The van der Waals surface area contributed by atoms with Crippen molar-refractivity contribution < 1.29 is 9.53 Å². The Morgan fingerprint density at radius 2 is 2.38 bits per heavy atom. The predicted molar refractivity (Wildman–Crippen MR) is 52.8 cm³/mol. The Morgan fingerprint density at radius 3 is 2.85 bits per heavy atom. The first-order valence-electron chi connectivity index (χ1n) is 3.87. The molecule has 0 amide bonds. The van der Waals surface area contributed by atoms with Crippen molar-refractivity contribution in [2.75, 3.05) is 6.61 Å². The molecular formula is C8H10ClNO2S. The molecule has 1 aromatic heterocycles. The lowest BCUT2D eigenvalue weighted by molar-refractivity contribution is 0.112. The second-order valence-corrected chi connectivity index (χ2v) is 4.31. The SMILES string of the molecule is CC(C)COc1nc(Cl)c(C=O)s1. The number of ether oxygens (including phenoxy) is 1. The van der Waals surface area contributed by atoms with Gasteiger partial charge in [0.15, 0.2) is 11.4 Å². The van der Waals surface area contributed by atoms with Crippen LogP contribution in [-0.2, 0) is 0 Å². The van der Waals surface area contributed by atoms with Crippen LogP contribution < -0.4 is 4.74 Å². The fourth-order valence-electron chi connectivity index (χ4n) is 0.667. The largest absolute Gasteiger partial charge is 0.470 e. The number of aldehydes is 1. The minimum absolute atomic E-state index is 0.221. The van der Waals surface area contributed by atoms with Gasteiger partial charge in [0.2, 0.25) is 0 Å². The van der Waals surface area contributed by atoms with Gasteiger partial charge in [-0.1, -0.05) is 36.8 Å². The van der Waals surface area contributed by atoms with E-state index in [1.165, 1.54) is 11.3 Å². The molecule has 13 heavy (non-hydrogen) atoms. The summed E-state index contributed by atoms with van der Waals surface area (Å²) in [5.41, 5.74) is 0. The van der Waals surface area contributed by atoms with E-state index in [0.29, 0.717) is 28.9 Å². The first-order valence-corrected chi connectivity index (χ1v) is 5.07.